The molecule has 1 aromatic heterocycles. The van der Waals surface area contributed by atoms with Crippen molar-refractivity contribution >= 4 is 23.3 Å². The predicted octanol–water partition coefficient (Wildman–Crippen LogP) is 4.88. The Morgan fingerprint density at radius 2 is 1.94 bits per heavy atom. The minimum Gasteiger partial charge on any atom is -0.496 e. The van der Waals surface area contributed by atoms with Crippen molar-refractivity contribution in [3.63, 3.8) is 0 Å². The van der Waals surface area contributed by atoms with Gasteiger partial charge in [-0.25, -0.2) is 4.98 Å². The van der Waals surface area contributed by atoms with E-state index in [1.54, 1.807) is 17.7 Å². The lowest BCUT2D eigenvalue weighted by Crippen LogP contribution is -2.35. The molecule has 2 aromatic carbocycles. The fraction of sp³-hybridized carbons (Fsp3) is 0.462. The molecule has 0 unspecified atom stereocenters. The molecule has 3 aromatic rings. The van der Waals surface area contributed by atoms with Crippen LogP contribution in [0.25, 0.3) is 16.6 Å². The summed E-state index contributed by atoms with van der Waals surface area (Å²) in [6.45, 7) is 8.53. The molecule has 1 aliphatic rings. The topological polar surface area (TPSA) is 56.6 Å². The molecule has 0 bridgehead atoms. The molecule has 178 valence electrons. The molecule has 1 aliphatic heterocycles. The summed E-state index contributed by atoms with van der Waals surface area (Å²) >= 11 is 0. The zero-order valence-corrected chi connectivity index (χ0v) is 20.6. The monoisotopic (exact) mass is 471 g/mol. The second kappa shape index (κ2) is 11.5. The Hall–Kier alpha value is -2.57. The van der Waals surface area contributed by atoms with Gasteiger partial charge in [-0.15, -0.1) is 12.4 Å². The first-order valence-electron chi connectivity index (χ1n) is 11.6. The van der Waals surface area contributed by atoms with Gasteiger partial charge < -0.3 is 14.4 Å². The van der Waals surface area contributed by atoms with Gasteiger partial charge >= 0.3 is 0 Å². The van der Waals surface area contributed by atoms with Crippen molar-refractivity contribution < 1.29 is 9.47 Å². The van der Waals surface area contributed by atoms with Crippen LogP contribution in [0.2, 0.25) is 0 Å². The molecule has 6 nitrogen and oxygen atoms in total. The number of hydrogen-bond acceptors (Lipinski definition) is 5. The number of rotatable bonds is 8. The summed E-state index contributed by atoms with van der Waals surface area (Å²) in [5, 5.41) is 0.500. The molecular formula is C26H34ClN3O3. The third kappa shape index (κ3) is 5.68. The molecule has 2 heterocycles. The summed E-state index contributed by atoms with van der Waals surface area (Å²) in [7, 11) is 1.57. The van der Waals surface area contributed by atoms with E-state index in [0.29, 0.717) is 29.7 Å². The van der Waals surface area contributed by atoms with Gasteiger partial charge in [0, 0.05) is 19.5 Å². The van der Waals surface area contributed by atoms with Crippen LogP contribution in [0.3, 0.4) is 0 Å². The van der Waals surface area contributed by atoms with Gasteiger partial charge in [0.25, 0.3) is 5.56 Å². The van der Waals surface area contributed by atoms with E-state index in [9.17, 15) is 4.79 Å². The molecule has 1 fully saturated rings. The number of hydrogen-bond donors (Lipinski definition) is 0. The van der Waals surface area contributed by atoms with Gasteiger partial charge in [-0.05, 0) is 68.1 Å². The van der Waals surface area contributed by atoms with Crippen LogP contribution >= 0.6 is 12.4 Å². The second-order valence-corrected chi connectivity index (χ2v) is 8.62. The zero-order valence-electron chi connectivity index (χ0n) is 19.8. The maximum absolute atomic E-state index is 13.4. The van der Waals surface area contributed by atoms with Crippen LogP contribution in [0.5, 0.6) is 11.5 Å². The van der Waals surface area contributed by atoms with E-state index in [2.05, 4.69) is 11.8 Å². The first kappa shape index (κ1) is 25.1. The summed E-state index contributed by atoms with van der Waals surface area (Å²) in [5.41, 5.74) is 1.32. The molecule has 0 amide bonds. The maximum Gasteiger partial charge on any atom is 0.269 e. The lowest BCUT2D eigenvalue weighted by Gasteiger charge is -2.30. The van der Waals surface area contributed by atoms with Gasteiger partial charge in [0.1, 0.15) is 22.7 Å². The fourth-order valence-corrected chi connectivity index (χ4v) is 4.58. The molecule has 33 heavy (non-hydrogen) atoms. The van der Waals surface area contributed by atoms with E-state index in [0.717, 1.165) is 36.1 Å². The number of nitrogens with zero attached hydrogens (tertiary/aromatic N) is 3. The first-order chi connectivity index (χ1) is 15.6. The Bertz CT molecular complexity index is 1110. The molecule has 1 saturated heterocycles. The minimum atomic E-state index is -0.117. The van der Waals surface area contributed by atoms with Gasteiger partial charge in [-0.2, -0.15) is 0 Å². The van der Waals surface area contributed by atoms with Crippen LogP contribution < -0.4 is 15.0 Å². The fourth-order valence-electron chi connectivity index (χ4n) is 4.58. The van der Waals surface area contributed by atoms with Crippen LogP contribution in [0, 0.1) is 5.92 Å². The molecule has 0 N–H and O–H groups in total. The number of likely N-dealkylation sites (tertiary alicyclic amines) is 1. The van der Waals surface area contributed by atoms with Crippen molar-refractivity contribution in [3.05, 3.63) is 58.6 Å². The van der Waals surface area contributed by atoms with Crippen LogP contribution in [0.15, 0.2) is 47.3 Å². The molecule has 0 aliphatic carbocycles. The molecule has 0 saturated carbocycles. The quantitative estimate of drug-likeness (QED) is 0.438. The number of fused-ring (bicyclic) bond motifs is 1. The number of ether oxygens (including phenoxy) is 2. The van der Waals surface area contributed by atoms with Gasteiger partial charge in [0.15, 0.2) is 0 Å². The maximum atomic E-state index is 13.4. The Balaban J connectivity index is 0.00000306. The Morgan fingerprint density at radius 3 is 2.64 bits per heavy atom. The van der Waals surface area contributed by atoms with Crippen LogP contribution in [-0.2, 0) is 6.42 Å². The van der Waals surface area contributed by atoms with Crippen molar-refractivity contribution in [1.29, 1.82) is 0 Å². The summed E-state index contributed by atoms with van der Waals surface area (Å²) < 4.78 is 13.1. The average molecular weight is 472 g/mol. The largest absolute Gasteiger partial charge is 0.496 e. The Labute approximate surface area is 201 Å². The number of benzene rings is 2. The van der Waals surface area contributed by atoms with Crippen molar-refractivity contribution in [3.8, 4) is 17.2 Å². The van der Waals surface area contributed by atoms with Gasteiger partial charge in [-0.1, -0.05) is 19.9 Å². The third-order valence-electron chi connectivity index (χ3n) is 6.19. The second-order valence-electron chi connectivity index (χ2n) is 8.62. The van der Waals surface area contributed by atoms with E-state index < -0.39 is 0 Å². The van der Waals surface area contributed by atoms with E-state index in [-0.39, 0.29) is 18.0 Å². The van der Waals surface area contributed by atoms with Crippen molar-refractivity contribution in [2.24, 2.45) is 5.92 Å². The van der Waals surface area contributed by atoms with Gasteiger partial charge in [0.05, 0.1) is 24.9 Å². The van der Waals surface area contributed by atoms with Gasteiger partial charge in [-0.3, -0.25) is 9.36 Å². The third-order valence-corrected chi connectivity index (χ3v) is 6.19. The summed E-state index contributed by atoms with van der Waals surface area (Å²) in [6, 6.07) is 13.2. The minimum absolute atomic E-state index is 0. The highest BCUT2D eigenvalue weighted by atomic mass is 35.5. The number of halogens is 1. The van der Waals surface area contributed by atoms with Crippen molar-refractivity contribution in [2.75, 3.05) is 33.4 Å². The molecule has 1 atom stereocenters. The number of piperidine rings is 1. The normalized spacial score (nSPS) is 16.4. The van der Waals surface area contributed by atoms with E-state index in [4.69, 9.17) is 14.5 Å². The highest BCUT2D eigenvalue weighted by molar-refractivity contribution is 5.85. The number of aromatic nitrogens is 2. The molecule has 0 radical (unpaired) electrons. The molecular weight excluding hydrogens is 438 g/mol. The molecule has 7 heteroatoms. The van der Waals surface area contributed by atoms with E-state index >= 15 is 0 Å². The first-order valence-corrected chi connectivity index (χ1v) is 11.6. The van der Waals surface area contributed by atoms with Crippen LogP contribution in [-0.4, -0.2) is 47.8 Å². The van der Waals surface area contributed by atoms with Crippen molar-refractivity contribution in [2.45, 2.75) is 39.5 Å². The smallest absolute Gasteiger partial charge is 0.269 e. The molecule has 4 rings (SSSR count). The van der Waals surface area contributed by atoms with Crippen LogP contribution in [0.1, 0.15) is 38.9 Å². The summed E-state index contributed by atoms with van der Waals surface area (Å²) in [4.78, 5) is 20.6. The van der Waals surface area contributed by atoms with E-state index in [1.807, 2.05) is 43.3 Å². The Morgan fingerprint density at radius 1 is 1.15 bits per heavy atom. The van der Waals surface area contributed by atoms with Crippen molar-refractivity contribution in [1.82, 2.24) is 14.5 Å². The lowest BCUT2D eigenvalue weighted by molar-refractivity contribution is 0.170. The highest BCUT2D eigenvalue weighted by Gasteiger charge is 2.16. The molecule has 0 spiro atoms. The van der Waals surface area contributed by atoms with Gasteiger partial charge in [0.2, 0.25) is 0 Å². The van der Waals surface area contributed by atoms with Crippen LogP contribution in [0.4, 0.5) is 0 Å². The standard InChI is InChI=1S/C26H33N3O3.ClH/c1-4-24-27-22-9-5-10-23(31-3)25(22)26(30)29(24)20-11-13-21(14-12-20)32-17-7-16-28-15-6-8-19(2)18-28;/h5,9-14,19H,4,6-8,15-18H2,1-3H3;1H/t19-;/m0./s1. The number of aryl methyl sites for hydroxylation is 1. The average Bonchev–Trinajstić information content (AvgIpc) is 2.82. The van der Waals surface area contributed by atoms with E-state index in [1.165, 1.54) is 25.9 Å². The SMILES string of the molecule is CCc1nc2cccc(OC)c2c(=O)n1-c1ccc(OCCCN2CCC[C@H](C)C2)cc1.Cl. The number of methoxy groups -OCH3 is 1. The zero-order chi connectivity index (χ0) is 22.5. The highest BCUT2D eigenvalue weighted by Crippen LogP contribution is 2.23. The Kier molecular flexibility index (Phi) is 8.75. The predicted molar refractivity (Wildman–Crippen MR) is 135 cm³/mol. The summed E-state index contributed by atoms with van der Waals surface area (Å²) in [5.74, 6) is 2.89. The lowest BCUT2D eigenvalue weighted by atomic mass is 10.0. The summed E-state index contributed by atoms with van der Waals surface area (Å²) in [6.07, 6.45) is 4.32.